The van der Waals surface area contributed by atoms with Crippen molar-refractivity contribution in [3.63, 3.8) is 0 Å². The number of aryl methyl sites for hydroxylation is 1. The Morgan fingerprint density at radius 1 is 0.774 bits per heavy atom. The van der Waals surface area contributed by atoms with E-state index in [1.807, 2.05) is 12.1 Å². The molecule has 0 fully saturated rings. The highest BCUT2D eigenvalue weighted by Gasteiger charge is 2.47. The first-order valence-corrected chi connectivity index (χ1v) is 10.3. The van der Waals surface area contributed by atoms with Crippen molar-refractivity contribution in [2.45, 2.75) is 19.0 Å². The number of aromatic nitrogens is 4. The Morgan fingerprint density at radius 2 is 1.45 bits per heavy atom. The number of nitrogens with zero attached hydrogens (tertiary/aromatic N) is 6. The van der Waals surface area contributed by atoms with Crippen molar-refractivity contribution in [1.82, 2.24) is 20.2 Å². The molecule has 6 heteroatoms. The number of aliphatic imine (C=N–C) groups is 1. The van der Waals surface area contributed by atoms with Gasteiger partial charge in [-0.1, -0.05) is 78.4 Å². The van der Waals surface area contributed by atoms with E-state index in [1.54, 1.807) is 11.0 Å². The summed E-state index contributed by atoms with van der Waals surface area (Å²) in [5, 5.41) is 12.4. The number of hydrogen-bond acceptors (Lipinski definition) is 5. The molecule has 3 aromatic carbocycles. The highest BCUT2D eigenvalue weighted by molar-refractivity contribution is 6.04. The van der Waals surface area contributed by atoms with Gasteiger partial charge in [0.2, 0.25) is 0 Å². The normalized spacial score (nSPS) is 19.5. The van der Waals surface area contributed by atoms with Crippen LogP contribution in [0.3, 0.4) is 0 Å². The van der Waals surface area contributed by atoms with Crippen LogP contribution < -0.4 is 4.90 Å². The highest BCUT2D eigenvalue weighted by Crippen LogP contribution is 2.52. The minimum absolute atomic E-state index is 0.0843. The first kappa shape index (κ1) is 17.8. The largest absolute Gasteiger partial charge is 0.317 e. The topological polar surface area (TPSA) is 59.2 Å². The molecule has 2 atom stereocenters. The molecule has 0 N–H and O–H groups in total. The molecule has 0 saturated carbocycles. The third kappa shape index (κ3) is 2.79. The van der Waals surface area contributed by atoms with Gasteiger partial charge < -0.3 is 4.90 Å². The number of benzene rings is 3. The lowest BCUT2D eigenvalue weighted by atomic mass is 9.89. The first-order valence-electron chi connectivity index (χ1n) is 10.3. The van der Waals surface area contributed by atoms with E-state index in [4.69, 9.17) is 4.99 Å². The van der Waals surface area contributed by atoms with Crippen LogP contribution in [-0.2, 0) is 0 Å². The Balaban J connectivity index is 1.67. The van der Waals surface area contributed by atoms with Gasteiger partial charge in [-0.2, -0.15) is 4.68 Å². The van der Waals surface area contributed by atoms with E-state index in [0.717, 1.165) is 28.3 Å². The molecule has 0 amide bonds. The predicted octanol–water partition coefficient (Wildman–Crippen LogP) is 4.37. The van der Waals surface area contributed by atoms with Crippen molar-refractivity contribution in [3.8, 4) is 0 Å². The van der Waals surface area contributed by atoms with Crippen molar-refractivity contribution in [2.24, 2.45) is 4.99 Å². The summed E-state index contributed by atoms with van der Waals surface area (Å²) < 4.78 is 1.69. The van der Waals surface area contributed by atoms with E-state index in [2.05, 4.69) is 100 Å². The lowest BCUT2D eigenvalue weighted by Crippen LogP contribution is -2.35. The first-order chi connectivity index (χ1) is 15.3. The zero-order valence-corrected chi connectivity index (χ0v) is 17.0. The van der Waals surface area contributed by atoms with E-state index in [0.29, 0.717) is 0 Å². The van der Waals surface area contributed by atoms with Gasteiger partial charge in [0.25, 0.3) is 0 Å². The zero-order valence-electron chi connectivity index (χ0n) is 17.0. The standard InChI is InChI=1S/C25H20N6/c1-17-12-14-20(15-13-17)31-23(19-10-6-3-7-11-19)21(18-8-4-2-5-9-18)22-24(31)26-16-30-25(22)27-28-29-30/h2-16,22,24H,1H3. The van der Waals surface area contributed by atoms with Gasteiger partial charge in [-0.15, -0.1) is 5.10 Å². The molecular weight excluding hydrogens is 384 g/mol. The Bertz CT molecular complexity index is 1290. The van der Waals surface area contributed by atoms with Crippen LogP contribution in [0, 0.1) is 6.92 Å². The Hall–Kier alpha value is -4.06. The fraction of sp³-hybridized carbons (Fsp3) is 0.120. The minimum Gasteiger partial charge on any atom is -0.317 e. The van der Waals surface area contributed by atoms with E-state index in [1.165, 1.54) is 11.1 Å². The van der Waals surface area contributed by atoms with Crippen LogP contribution in [0.15, 0.2) is 89.9 Å². The van der Waals surface area contributed by atoms with Gasteiger partial charge in [-0.3, -0.25) is 0 Å². The van der Waals surface area contributed by atoms with Crippen LogP contribution in [0.4, 0.5) is 5.69 Å². The molecule has 3 heterocycles. The van der Waals surface area contributed by atoms with Gasteiger partial charge in [-0.05, 0) is 46.2 Å². The Labute approximate surface area is 180 Å². The highest BCUT2D eigenvalue weighted by atomic mass is 15.6. The third-order valence-electron chi connectivity index (χ3n) is 5.94. The summed E-state index contributed by atoms with van der Waals surface area (Å²) in [6.45, 7) is 2.10. The molecule has 0 radical (unpaired) electrons. The lowest BCUT2D eigenvalue weighted by Gasteiger charge is -2.31. The average molecular weight is 404 g/mol. The predicted molar refractivity (Wildman–Crippen MR) is 122 cm³/mol. The number of hydrogen-bond donors (Lipinski definition) is 0. The quantitative estimate of drug-likeness (QED) is 0.509. The lowest BCUT2D eigenvalue weighted by molar-refractivity contribution is 0.596. The number of tetrazole rings is 1. The Kier molecular flexibility index (Phi) is 4.02. The van der Waals surface area contributed by atoms with Gasteiger partial charge in [-0.25, -0.2) is 4.99 Å². The van der Waals surface area contributed by atoms with Crippen LogP contribution in [0.5, 0.6) is 0 Å². The minimum atomic E-state index is -0.161. The van der Waals surface area contributed by atoms with Crippen LogP contribution in [0.2, 0.25) is 0 Å². The molecule has 150 valence electrons. The second kappa shape index (κ2) is 7.02. The van der Waals surface area contributed by atoms with Gasteiger partial charge >= 0.3 is 0 Å². The molecule has 0 bridgehead atoms. The van der Waals surface area contributed by atoms with Gasteiger partial charge in [0.15, 0.2) is 5.82 Å². The fourth-order valence-corrected chi connectivity index (χ4v) is 4.55. The Morgan fingerprint density at radius 3 is 2.16 bits per heavy atom. The van der Waals surface area contributed by atoms with Crippen molar-refractivity contribution in [2.75, 3.05) is 4.90 Å². The van der Waals surface area contributed by atoms with E-state index in [9.17, 15) is 0 Å². The SMILES string of the molecule is Cc1ccc(N2C(c3ccccc3)=C(c3ccccc3)C3c4nnnn4C=NC32)cc1. The number of rotatable bonds is 3. The van der Waals surface area contributed by atoms with Gasteiger partial charge in [0, 0.05) is 5.69 Å². The molecular formula is C25H20N6. The maximum absolute atomic E-state index is 4.92. The number of fused-ring (bicyclic) bond motifs is 3. The molecule has 6 rings (SSSR count). The number of anilines is 1. The van der Waals surface area contributed by atoms with Gasteiger partial charge in [0.05, 0.1) is 11.6 Å². The molecule has 2 aliphatic rings. The van der Waals surface area contributed by atoms with Crippen molar-refractivity contribution >= 4 is 23.3 Å². The zero-order chi connectivity index (χ0) is 20.8. The van der Waals surface area contributed by atoms with Gasteiger partial charge in [0.1, 0.15) is 12.5 Å². The van der Waals surface area contributed by atoms with Crippen molar-refractivity contribution in [1.29, 1.82) is 0 Å². The average Bonchev–Trinajstić information content (AvgIpc) is 3.43. The molecule has 0 spiro atoms. The maximum atomic E-state index is 4.92. The summed E-state index contributed by atoms with van der Waals surface area (Å²) in [5.41, 5.74) is 6.94. The van der Waals surface area contributed by atoms with Crippen molar-refractivity contribution in [3.05, 3.63) is 107 Å². The van der Waals surface area contributed by atoms with E-state index < -0.39 is 0 Å². The maximum Gasteiger partial charge on any atom is 0.169 e. The second-order valence-electron chi connectivity index (χ2n) is 7.84. The summed E-state index contributed by atoms with van der Waals surface area (Å²) in [6.07, 6.45) is 1.57. The van der Waals surface area contributed by atoms with Crippen LogP contribution in [0.25, 0.3) is 11.3 Å². The van der Waals surface area contributed by atoms with Crippen molar-refractivity contribution < 1.29 is 0 Å². The molecule has 31 heavy (non-hydrogen) atoms. The summed E-state index contributed by atoms with van der Waals surface area (Å²) in [7, 11) is 0. The summed E-state index contributed by atoms with van der Waals surface area (Å²) in [6, 6.07) is 29.6. The van der Waals surface area contributed by atoms with Crippen LogP contribution in [-0.4, -0.2) is 32.7 Å². The molecule has 2 aliphatic heterocycles. The van der Waals surface area contributed by atoms with Crippen LogP contribution >= 0.6 is 0 Å². The third-order valence-corrected chi connectivity index (χ3v) is 5.94. The smallest absolute Gasteiger partial charge is 0.169 e. The second-order valence-corrected chi connectivity index (χ2v) is 7.84. The summed E-state index contributed by atoms with van der Waals surface area (Å²) in [4.78, 5) is 7.25. The summed E-state index contributed by atoms with van der Waals surface area (Å²) >= 11 is 0. The molecule has 0 saturated heterocycles. The van der Waals surface area contributed by atoms with E-state index >= 15 is 0 Å². The summed E-state index contributed by atoms with van der Waals surface area (Å²) in [5.74, 6) is 0.723. The monoisotopic (exact) mass is 404 g/mol. The molecule has 2 unspecified atom stereocenters. The van der Waals surface area contributed by atoms with E-state index in [-0.39, 0.29) is 12.1 Å². The molecule has 4 aromatic rings. The molecule has 6 nitrogen and oxygen atoms in total. The molecule has 0 aliphatic carbocycles. The molecule has 1 aromatic heterocycles. The fourth-order valence-electron chi connectivity index (χ4n) is 4.55. The van der Waals surface area contributed by atoms with Crippen LogP contribution in [0.1, 0.15) is 28.4 Å².